The summed E-state index contributed by atoms with van der Waals surface area (Å²) in [6.07, 6.45) is 2.65. The Kier molecular flexibility index (Phi) is 11.4. The average molecular weight is 633 g/mol. The molecule has 3 heterocycles. The number of thiophene rings is 1. The number of aromatic nitrogens is 2. The lowest BCUT2D eigenvalue weighted by Gasteiger charge is -2.34. The van der Waals surface area contributed by atoms with Gasteiger partial charge in [0.25, 0.3) is 0 Å². The highest BCUT2D eigenvalue weighted by Gasteiger charge is 2.23. The van der Waals surface area contributed by atoms with E-state index in [2.05, 4.69) is 26.2 Å². The van der Waals surface area contributed by atoms with Gasteiger partial charge in [0.15, 0.2) is 0 Å². The maximum absolute atomic E-state index is 10.1. The van der Waals surface area contributed by atoms with Crippen LogP contribution in [0.2, 0.25) is 0 Å². The maximum Gasteiger partial charge on any atom is 0.227 e. The first kappa shape index (κ1) is 31.7. The van der Waals surface area contributed by atoms with E-state index in [0.29, 0.717) is 29.6 Å². The molecule has 10 nitrogen and oxygen atoms in total. The molecule has 1 aliphatic heterocycles. The molecule has 44 heavy (non-hydrogen) atoms. The van der Waals surface area contributed by atoms with Crippen molar-refractivity contribution in [1.82, 2.24) is 19.8 Å². The van der Waals surface area contributed by atoms with Gasteiger partial charge in [-0.05, 0) is 42.3 Å². The van der Waals surface area contributed by atoms with Crippen LogP contribution in [0.25, 0.3) is 21.7 Å². The number of aliphatic hydroxyl groups is 1. The lowest BCUT2D eigenvalue weighted by atomic mass is 10.0. The molecule has 0 amide bonds. The Morgan fingerprint density at radius 2 is 1.80 bits per heavy atom. The second-order valence-electron chi connectivity index (χ2n) is 10.1. The third kappa shape index (κ3) is 8.06. The number of nitriles is 1. The molecule has 230 valence electrons. The van der Waals surface area contributed by atoms with Gasteiger partial charge in [0.05, 0.1) is 43.6 Å². The minimum absolute atomic E-state index is 0.220. The monoisotopic (exact) mass is 632 g/mol. The third-order valence-electron chi connectivity index (χ3n) is 7.25. The second kappa shape index (κ2) is 15.9. The highest BCUT2D eigenvalue weighted by atomic mass is 32.2. The lowest BCUT2D eigenvalue weighted by molar-refractivity contribution is 0.108. The Morgan fingerprint density at radius 1 is 1.02 bits per heavy atom. The molecule has 1 fully saturated rings. The van der Waals surface area contributed by atoms with Crippen molar-refractivity contribution in [3.63, 3.8) is 0 Å². The summed E-state index contributed by atoms with van der Waals surface area (Å²) < 4.78 is 17.6. The second-order valence-corrected chi connectivity index (χ2v) is 12.3. The van der Waals surface area contributed by atoms with Gasteiger partial charge in [0.1, 0.15) is 21.8 Å². The molecular formula is C32H36N6O4S2. The molecule has 0 atom stereocenters. The molecular weight excluding hydrogens is 597 g/mol. The van der Waals surface area contributed by atoms with Gasteiger partial charge in [0.2, 0.25) is 5.95 Å². The first-order valence-corrected chi connectivity index (χ1v) is 16.0. The topological polar surface area (TPSA) is 116 Å². The normalized spacial score (nSPS) is 13.9. The van der Waals surface area contributed by atoms with Crippen LogP contribution in [0.4, 0.5) is 11.6 Å². The molecule has 0 unspecified atom stereocenters. The minimum atomic E-state index is 0.220. The molecule has 0 spiro atoms. The number of piperazine rings is 1. The average Bonchev–Trinajstić information content (AvgIpc) is 3.43. The van der Waals surface area contributed by atoms with Gasteiger partial charge in [-0.3, -0.25) is 4.90 Å². The van der Waals surface area contributed by atoms with Crippen LogP contribution in [-0.4, -0.2) is 91.6 Å². The zero-order valence-electron chi connectivity index (χ0n) is 24.9. The van der Waals surface area contributed by atoms with Crippen LogP contribution in [-0.2, 0) is 4.18 Å². The van der Waals surface area contributed by atoms with Crippen molar-refractivity contribution < 1.29 is 18.8 Å². The molecule has 0 radical (unpaired) electrons. The standard InChI is InChI=1S/C32H36N6O4S2/c1-40-25-8-3-6-23(20-25)29-27(22-33)31(44-41-2)43-30(29)28-10-11-34-32(36-28)35-24-7-4-9-26(21-24)42-19-5-12-37-13-15-38(16-14-37)17-18-39/h3-4,6-11,20-21,39H,5,12-19H2,1-2H3,(H,34,35,36). The summed E-state index contributed by atoms with van der Waals surface area (Å²) in [6, 6.07) is 19.6. The van der Waals surface area contributed by atoms with Gasteiger partial charge in [-0.25, -0.2) is 9.97 Å². The van der Waals surface area contributed by atoms with E-state index in [1.54, 1.807) is 20.4 Å². The van der Waals surface area contributed by atoms with Crippen LogP contribution in [0.15, 0.2) is 65.0 Å². The van der Waals surface area contributed by atoms with Crippen molar-refractivity contribution in [3.8, 4) is 39.3 Å². The summed E-state index contributed by atoms with van der Waals surface area (Å²) in [7, 11) is 3.21. The van der Waals surface area contributed by atoms with Crippen LogP contribution in [0, 0.1) is 11.3 Å². The van der Waals surface area contributed by atoms with Gasteiger partial charge in [0, 0.05) is 74.8 Å². The number of rotatable bonds is 14. The van der Waals surface area contributed by atoms with Gasteiger partial charge < -0.3 is 29.0 Å². The van der Waals surface area contributed by atoms with Crippen LogP contribution in [0.5, 0.6) is 11.5 Å². The summed E-state index contributed by atoms with van der Waals surface area (Å²) in [5.74, 6) is 1.91. The van der Waals surface area contributed by atoms with Crippen molar-refractivity contribution in [1.29, 1.82) is 5.26 Å². The van der Waals surface area contributed by atoms with E-state index in [9.17, 15) is 5.26 Å². The third-order valence-corrected chi connectivity index (χ3v) is 9.24. The Labute approximate surface area is 266 Å². The molecule has 1 aliphatic rings. The number of ether oxygens (including phenoxy) is 2. The molecule has 0 aliphatic carbocycles. The molecule has 1 saturated heterocycles. The maximum atomic E-state index is 10.1. The summed E-state index contributed by atoms with van der Waals surface area (Å²) >= 11 is 2.62. The number of aliphatic hydroxyl groups excluding tert-OH is 1. The van der Waals surface area contributed by atoms with E-state index in [-0.39, 0.29) is 6.61 Å². The van der Waals surface area contributed by atoms with Crippen LogP contribution >= 0.6 is 23.4 Å². The van der Waals surface area contributed by atoms with Crippen molar-refractivity contribution in [3.05, 3.63) is 66.4 Å². The fraction of sp³-hybridized carbons (Fsp3) is 0.344. The zero-order valence-corrected chi connectivity index (χ0v) is 26.5. The fourth-order valence-corrected chi connectivity index (χ4v) is 7.02. The van der Waals surface area contributed by atoms with E-state index >= 15 is 0 Å². The molecule has 5 rings (SSSR count). The quantitative estimate of drug-likeness (QED) is 0.135. The number of benzene rings is 2. The molecule has 12 heteroatoms. The first-order valence-electron chi connectivity index (χ1n) is 14.4. The van der Waals surface area contributed by atoms with Crippen molar-refractivity contribution in [2.45, 2.75) is 10.6 Å². The number of hydrogen-bond donors (Lipinski definition) is 2. The molecule has 2 aromatic carbocycles. The van der Waals surface area contributed by atoms with Gasteiger partial charge in [-0.2, -0.15) is 5.26 Å². The largest absolute Gasteiger partial charge is 0.497 e. The molecule has 2 aromatic heterocycles. The predicted octanol–water partition coefficient (Wildman–Crippen LogP) is 5.53. The Hall–Kier alpha value is -3.70. The van der Waals surface area contributed by atoms with Crippen molar-refractivity contribution >= 4 is 35.0 Å². The minimum Gasteiger partial charge on any atom is -0.497 e. The zero-order chi connectivity index (χ0) is 30.7. The lowest BCUT2D eigenvalue weighted by Crippen LogP contribution is -2.47. The SMILES string of the molecule is COSc1sc(-c2ccnc(Nc3cccc(OCCCN4CCN(CCO)CC4)c3)n2)c(-c2cccc(OC)c2)c1C#N. The summed E-state index contributed by atoms with van der Waals surface area (Å²) in [5, 5.41) is 22.5. The van der Waals surface area contributed by atoms with Crippen molar-refractivity contribution in [2.75, 3.05) is 72.0 Å². The smallest absolute Gasteiger partial charge is 0.227 e. The molecule has 0 bridgehead atoms. The number of methoxy groups -OCH3 is 1. The fourth-order valence-electron chi connectivity index (χ4n) is 5.07. The number of β-amino-alcohol motifs (C(OH)–C–C–N with tert-alkyl or cyclic N) is 1. The summed E-state index contributed by atoms with van der Waals surface area (Å²) in [6.45, 7) is 6.64. The van der Waals surface area contributed by atoms with Gasteiger partial charge >= 0.3 is 0 Å². The number of anilines is 2. The van der Waals surface area contributed by atoms with E-state index < -0.39 is 0 Å². The van der Waals surface area contributed by atoms with Crippen LogP contribution in [0.3, 0.4) is 0 Å². The van der Waals surface area contributed by atoms with E-state index in [0.717, 1.165) is 77.3 Å². The Morgan fingerprint density at radius 3 is 2.55 bits per heavy atom. The molecule has 0 saturated carbocycles. The Bertz CT molecular complexity index is 1570. The molecule has 4 aromatic rings. The highest BCUT2D eigenvalue weighted by Crippen LogP contribution is 2.47. The van der Waals surface area contributed by atoms with Crippen LogP contribution in [0.1, 0.15) is 12.0 Å². The Balaban J connectivity index is 1.27. The first-order chi connectivity index (χ1) is 21.6. The number of hydrogen-bond acceptors (Lipinski definition) is 12. The number of nitrogens with one attached hydrogen (secondary N) is 1. The van der Waals surface area contributed by atoms with Crippen molar-refractivity contribution in [2.24, 2.45) is 0 Å². The number of nitrogens with zero attached hydrogens (tertiary/aromatic N) is 5. The van der Waals surface area contributed by atoms with Gasteiger partial charge in [-0.15, -0.1) is 11.3 Å². The van der Waals surface area contributed by atoms with E-state index in [1.165, 1.54) is 23.4 Å². The van der Waals surface area contributed by atoms with E-state index in [1.807, 2.05) is 54.6 Å². The summed E-state index contributed by atoms with van der Waals surface area (Å²) in [4.78, 5) is 14.9. The predicted molar refractivity (Wildman–Crippen MR) is 175 cm³/mol. The highest BCUT2D eigenvalue weighted by molar-refractivity contribution is 7.96. The molecule has 2 N–H and O–H groups in total. The summed E-state index contributed by atoms with van der Waals surface area (Å²) in [5.41, 5.74) is 3.67. The van der Waals surface area contributed by atoms with E-state index in [4.69, 9.17) is 23.7 Å². The van der Waals surface area contributed by atoms with Crippen LogP contribution < -0.4 is 14.8 Å². The van der Waals surface area contributed by atoms with Gasteiger partial charge in [-0.1, -0.05) is 18.2 Å².